The molecule has 0 spiro atoms. The standard InChI is InChI=1S/C60H66N8/c1-33-25-41(65(9)10)26-34(2)53(33)57-45-17-19-47(61-45)58(54-35(3)27-42(66(11)12)28-36(54)4)49-21-23-51(63-49)60(56-39(7)31-44(68(15)16)32-40(56)8)52-24-22-50(64-52)59(48-20-18-46(57)62-48)55-37(5)29-43(67(13)14)30-38(55)6/h17-32,61,64H,1-16H3. The molecule has 0 fully saturated rings. The van der Waals surface area contributed by atoms with Gasteiger partial charge in [0.2, 0.25) is 0 Å². The van der Waals surface area contributed by atoms with E-state index in [0.717, 1.165) is 67.1 Å². The van der Waals surface area contributed by atoms with E-state index in [4.69, 9.17) is 9.97 Å². The number of anilines is 4. The van der Waals surface area contributed by atoms with Gasteiger partial charge in [0.15, 0.2) is 0 Å². The van der Waals surface area contributed by atoms with Gasteiger partial charge < -0.3 is 29.6 Å². The molecule has 68 heavy (non-hydrogen) atoms. The van der Waals surface area contributed by atoms with E-state index >= 15 is 0 Å². The Morgan fingerprint density at radius 1 is 0.279 bits per heavy atom. The molecule has 4 aromatic carbocycles. The molecule has 8 heteroatoms. The van der Waals surface area contributed by atoms with E-state index in [0.29, 0.717) is 0 Å². The number of aryl methyl sites for hydroxylation is 8. The first-order valence-corrected chi connectivity index (χ1v) is 23.6. The third kappa shape index (κ3) is 7.95. The van der Waals surface area contributed by atoms with Gasteiger partial charge >= 0.3 is 0 Å². The zero-order chi connectivity index (χ0) is 48.6. The molecule has 0 atom stereocenters. The van der Waals surface area contributed by atoms with Gasteiger partial charge in [-0.05, 0) is 219 Å². The van der Waals surface area contributed by atoms with E-state index in [1.165, 1.54) is 89.5 Å². The summed E-state index contributed by atoms with van der Waals surface area (Å²) in [6.07, 6.45) is 8.85. The smallest absolute Gasteiger partial charge is 0.0737 e. The summed E-state index contributed by atoms with van der Waals surface area (Å²) < 4.78 is 0. The summed E-state index contributed by atoms with van der Waals surface area (Å²) in [6, 6.07) is 27.3. The predicted octanol–water partition coefficient (Wildman–Crippen LogP) is 14.1. The van der Waals surface area contributed by atoms with Crippen LogP contribution in [0.15, 0.2) is 72.8 Å². The summed E-state index contributed by atoms with van der Waals surface area (Å²) in [5, 5.41) is 0. The van der Waals surface area contributed by atoms with Crippen molar-refractivity contribution in [3.63, 3.8) is 0 Å². The highest BCUT2D eigenvalue weighted by molar-refractivity contribution is 6.02. The lowest BCUT2D eigenvalue weighted by atomic mass is 9.93. The van der Waals surface area contributed by atoms with Crippen molar-refractivity contribution in [1.82, 2.24) is 19.9 Å². The van der Waals surface area contributed by atoms with Crippen LogP contribution in [0.25, 0.3) is 90.9 Å². The van der Waals surface area contributed by atoms with Gasteiger partial charge in [0.05, 0.1) is 22.8 Å². The molecule has 8 nitrogen and oxygen atoms in total. The Morgan fingerprint density at radius 2 is 0.456 bits per heavy atom. The minimum Gasteiger partial charge on any atom is -0.378 e. The summed E-state index contributed by atoms with van der Waals surface area (Å²) in [7, 11) is 16.8. The van der Waals surface area contributed by atoms with Crippen molar-refractivity contribution in [3.05, 3.63) is 140 Å². The van der Waals surface area contributed by atoms with Crippen LogP contribution < -0.4 is 19.6 Å². The maximum absolute atomic E-state index is 5.71. The number of benzene rings is 4. The van der Waals surface area contributed by atoms with Crippen LogP contribution in [0.3, 0.4) is 0 Å². The molecule has 2 aliphatic rings. The summed E-state index contributed by atoms with van der Waals surface area (Å²) >= 11 is 0. The molecule has 8 bridgehead atoms. The second-order valence-electron chi connectivity index (χ2n) is 19.9. The highest BCUT2D eigenvalue weighted by Gasteiger charge is 2.24. The van der Waals surface area contributed by atoms with Gasteiger partial charge in [0.1, 0.15) is 0 Å². The van der Waals surface area contributed by atoms with Gasteiger partial charge in [-0.3, -0.25) is 0 Å². The summed E-state index contributed by atoms with van der Waals surface area (Å²) in [5.74, 6) is 0. The average Bonchev–Trinajstić information content (AvgIpc) is 4.11. The molecule has 346 valence electrons. The maximum atomic E-state index is 5.71. The molecule has 0 radical (unpaired) electrons. The molecular weight excluding hydrogens is 833 g/mol. The Bertz CT molecular complexity index is 2900. The molecule has 3 aromatic heterocycles. The number of hydrogen-bond acceptors (Lipinski definition) is 6. The fraction of sp³-hybridized carbons (Fsp3) is 0.267. The largest absolute Gasteiger partial charge is 0.378 e. The van der Waals surface area contributed by atoms with Crippen molar-refractivity contribution in [2.24, 2.45) is 0 Å². The number of rotatable bonds is 8. The van der Waals surface area contributed by atoms with Gasteiger partial charge in [-0.2, -0.15) is 0 Å². The van der Waals surface area contributed by atoms with E-state index < -0.39 is 0 Å². The molecule has 0 saturated carbocycles. The SMILES string of the molecule is Cc1cc(N(C)C)cc(C)c1-c1c2nc(c(-c3c(C)cc(N(C)C)cc3C)c3ccc([nH]3)c(-c3c(C)cc(N(C)C)cc3C)c3nc(c(-c4c(C)cc(N(C)C)cc4C)c4ccc1[nH]4)C=C3)C=C2. The zero-order valence-electron chi connectivity index (χ0n) is 42.9. The van der Waals surface area contributed by atoms with Gasteiger partial charge in [-0.1, -0.05) is 0 Å². The molecule has 0 amide bonds. The molecule has 9 rings (SSSR count). The lowest BCUT2D eigenvalue weighted by molar-refractivity contribution is 1.12. The fourth-order valence-electron chi connectivity index (χ4n) is 10.6. The van der Waals surface area contributed by atoms with Crippen LogP contribution in [-0.4, -0.2) is 76.3 Å². The quantitative estimate of drug-likeness (QED) is 0.158. The van der Waals surface area contributed by atoms with E-state index in [9.17, 15) is 0 Å². The number of aromatic amines is 2. The Hall–Kier alpha value is -7.32. The number of H-pyrrole nitrogens is 2. The Morgan fingerprint density at radius 3 is 0.618 bits per heavy atom. The van der Waals surface area contributed by atoms with E-state index in [1.807, 2.05) is 0 Å². The van der Waals surface area contributed by atoms with E-state index in [1.54, 1.807) is 0 Å². The van der Waals surface area contributed by atoms with Crippen LogP contribution in [0.1, 0.15) is 67.3 Å². The van der Waals surface area contributed by atoms with Gasteiger partial charge in [0.25, 0.3) is 0 Å². The Labute approximate surface area is 403 Å². The minimum atomic E-state index is 0.909. The van der Waals surface area contributed by atoms with Crippen LogP contribution in [0.4, 0.5) is 22.7 Å². The average molecular weight is 899 g/mol. The molecule has 7 aromatic rings. The number of fused-ring (bicyclic) bond motifs is 8. The lowest BCUT2D eigenvalue weighted by Crippen LogP contribution is -2.09. The monoisotopic (exact) mass is 899 g/mol. The van der Waals surface area contributed by atoms with Crippen molar-refractivity contribution in [2.45, 2.75) is 55.4 Å². The first kappa shape index (κ1) is 45.8. The second-order valence-corrected chi connectivity index (χ2v) is 19.9. The van der Waals surface area contributed by atoms with Crippen molar-refractivity contribution in [2.75, 3.05) is 76.0 Å². The third-order valence-corrected chi connectivity index (χ3v) is 13.9. The topological polar surface area (TPSA) is 70.3 Å². The highest BCUT2D eigenvalue weighted by atomic mass is 15.1. The maximum Gasteiger partial charge on any atom is 0.0737 e. The predicted molar refractivity (Wildman–Crippen MR) is 296 cm³/mol. The third-order valence-electron chi connectivity index (χ3n) is 13.9. The van der Waals surface area contributed by atoms with Crippen molar-refractivity contribution < 1.29 is 0 Å². The number of hydrogen-bond donors (Lipinski definition) is 2. The lowest BCUT2D eigenvalue weighted by Gasteiger charge is -2.19. The summed E-state index contributed by atoms with van der Waals surface area (Å²) in [6.45, 7) is 17.8. The van der Waals surface area contributed by atoms with Crippen molar-refractivity contribution in [1.29, 1.82) is 0 Å². The fourth-order valence-corrected chi connectivity index (χ4v) is 10.6. The number of nitrogens with zero attached hydrogens (tertiary/aromatic N) is 6. The van der Waals surface area contributed by atoms with Crippen LogP contribution in [0.2, 0.25) is 0 Å². The van der Waals surface area contributed by atoms with Crippen LogP contribution in [0.5, 0.6) is 0 Å². The van der Waals surface area contributed by atoms with Crippen LogP contribution >= 0.6 is 0 Å². The van der Waals surface area contributed by atoms with Gasteiger partial charge in [-0.25, -0.2) is 9.97 Å². The summed E-state index contributed by atoms with van der Waals surface area (Å²) in [5.41, 5.74) is 30.7. The van der Waals surface area contributed by atoms with Gasteiger partial charge in [-0.15, -0.1) is 0 Å². The van der Waals surface area contributed by atoms with Crippen LogP contribution in [-0.2, 0) is 0 Å². The zero-order valence-corrected chi connectivity index (χ0v) is 42.9. The molecule has 0 aliphatic carbocycles. The van der Waals surface area contributed by atoms with E-state index in [2.05, 4.69) is 238 Å². The second kappa shape index (κ2) is 17.4. The number of nitrogens with one attached hydrogen (secondary N) is 2. The number of aromatic nitrogens is 4. The Balaban J connectivity index is 1.52. The van der Waals surface area contributed by atoms with Crippen LogP contribution in [0, 0.1) is 55.4 Å². The molecule has 5 heterocycles. The van der Waals surface area contributed by atoms with Crippen molar-refractivity contribution in [3.8, 4) is 44.5 Å². The summed E-state index contributed by atoms with van der Waals surface area (Å²) in [4.78, 5) is 28.2. The van der Waals surface area contributed by atoms with Gasteiger partial charge in [0, 0.05) is 123 Å². The van der Waals surface area contributed by atoms with Crippen molar-refractivity contribution >= 4 is 69.1 Å². The molecule has 2 N–H and O–H groups in total. The molecule has 2 aliphatic heterocycles. The highest BCUT2D eigenvalue weighted by Crippen LogP contribution is 2.44. The van der Waals surface area contributed by atoms with E-state index in [-0.39, 0.29) is 0 Å². The normalized spacial score (nSPS) is 12.0. The minimum absolute atomic E-state index is 0.909. The molecule has 0 unspecified atom stereocenters. The molecule has 0 saturated heterocycles. The molecular formula is C60H66N8. The first-order valence-electron chi connectivity index (χ1n) is 23.6. The Kier molecular flexibility index (Phi) is 11.7. The first-order chi connectivity index (χ1) is 32.3.